The van der Waals surface area contributed by atoms with E-state index in [0.29, 0.717) is 12.2 Å². The normalized spacial score (nSPS) is 11.9. The van der Waals surface area contributed by atoms with Crippen molar-refractivity contribution < 1.29 is 14.7 Å². The highest BCUT2D eigenvalue weighted by Gasteiger charge is 2.21. The molecule has 2 N–H and O–H groups in total. The Morgan fingerprint density at radius 1 is 1.56 bits per heavy atom. The molecule has 0 aliphatic carbocycles. The maximum atomic E-state index is 11.7. The first kappa shape index (κ1) is 14.7. The third kappa shape index (κ3) is 4.50. The Morgan fingerprint density at radius 2 is 2.28 bits per heavy atom. The largest absolute Gasteiger partial charge is 0.480 e. The number of nitrogens with one attached hydrogen (secondary N) is 1. The van der Waals surface area contributed by atoms with Crippen molar-refractivity contribution in [1.82, 2.24) is 15.3 Å². The van der Waals surface area contributed by atoms with Crippen LogP contribution in [0.2, 0.25) is 5.15 Å². The van der Waals surface area contributed by atoms with Crippen molar-refractivity contribution in [3.63, 3.8) is 0 Å². The third-order valence-electron chi connectivity index (χ3n) is 2.05. The van der Waals surface area contributed by atoms with Gasteiger partial charge in [0.15, 0.2) is 0 Å². The second-order valence-corrected chi connectivity index (χ2v) is 4.75. The maximum absolute atomic E-state index is 11.7. The van der Waals surface area contributed by atoms with Crippen molar-refractivity contribution in [1.29, 1.82) is 0 Å². The van der Waals surface area contributed by atoms with Crippen LogP contribution in [0.5, 0.6) is 0 Å². The molecule has 1 aromatic heterocycles. The van der Waals surface area contributed by atoms with E-state index in [1.807, 2.05) is 6.26 Å². The molecule has 0 aliphatic rings. The predicted molar refractivity (Wildman–Crippen MR) is 68.9 cm³/mol. The number of hydrogen-bond acceptors (Lipinski definition) is 5. The SMILES string of the molecule is CSCCC(NC(=O)c1cncc(Cl)n1)C(=O)O. The monoisotopic (exact) mass is 289 g/mol. The van der Waals surface area contributed by atoms with E-state index >= 15 is 0 Å². The van der Waals surface area contributed by atoms with Crippen molar-refractivity contribution in [2.75, 3.05) is 12.0 Å². The maximum Gasteiger partial charge on any atom is 0.326 e. The summed E-state index contributed by atoms with van der Waals surface area (Å²) in [7, 11) is 0. The second-order valence-electron chi connectivity index (χ2n) is 3.37. The third-order valence-corrected chi connectivity index (χ3v) is 2.88. The Hall–Kier alpha value is -1.34. The quantitative estimate of drug-likeness (QED) is 0.814. The molecule has 0 bridgehead atoms. The highest BCUT2D eigenvalue weighted by molar-refractivity contribution is 7.98. The Labute approximate surface area is 113 Å². The Bertz CT molecular complexity index is 444. The van der Waals surface area contributed by atoms with Crippen molar-refractivity contribution in [2.24, 2.45) is 0 Å². The van der Waals surface area contributed by atoms with Crippen LogP contribution in [-0.2, 0) is 4.79 Å². The van der Waals surface area contributed by atoms with E-state index in [1.54, 1.807) is 0 Å². The minimum Gasteiger partial charge on any atom is -0.480 e. The number of thioether (sulfide) groups is 1. The molecule has 98 valence electrons. The molecule has 0 spiro atoms. The van der Waals surface area contributed by atoms with Crippen molar-refractivity contribution in [2.45, 2.75) is 12.5 Å². The summed E-state index contributed by atoms with van der Waals surface area (Å²) in [6.07, 6.45) is 4.73. The lowest BCUT2D eigenvalue weighted by Crippen LogP contribution is -2.41. The van der Waals surface area contributed by atoms with Gasteiger partial charge in [-0.2, -0.15) is 11.8 Å². The predicted octanol–water partition coefficient (Wildman–Crippen LogP) is 1.07. The Balaban J connectivity index is 2.69. The summed E-state index contributed by atoms with van der Waals surface area (Å²) in [6, 6.07) is -0.939. The van der Waals surface area contributed by atoms with E-state index in [-0.39, 0.29) is 10.8 Å². The fourth-order valence-electron chi connectivity index (χ4n) is 1.18. The standard InChI is InChI=1S/C10H12ClN3O3S/c1-18-3-2-6(10(16)17)14-9(15)7-4-12-5-8(11)13-7/h4-6H,2-3H2,1H3,(H,14,15)(H,16,17). The summed E-state index contributed by atoms with van der Waals surface area (Å²) in [4.78, 5) is 30.2. The van der Waals surface area contributed by atoms with Crippen LogP contribution in [0.3, 0.4) is 0 Å². The molecule has 1 unspecified atom stereocenters. The average molecular weight is 290 g/mol. The lowest BCUT2D eigenvalue weighted by Gasteiger charge is -2.13. The molecule has 1 atom stereocenters. The molecule has 0 radical (unpaired) electrons. The lowest BCUT2D eigenvalue weighted by atomic mass is 10.2. The first-order valence-electron chi connectivity index (χ1n) is 5.04. The van der Waals surface area contributed by atoms with Gasteiger partial charge in [0.2, 0.25) is 0 Å². The van der Waals surface area contributed by atoms with Crippen LogP contribution in [0.15, 0.2) is 12.4 Å². The minimum atomic E-state index is -1.08. The Morgan fingerprint density at radius 3 is 2.83 bits per heavy atom. The van der Waals surface area contributed by atoms with Crippen molar-refractivity contribution in [3.05, 3.63) is 23.2 Å². The molecular weight excluding hydrogens is 278 g/mol. The van der Waals surface area contributed by atoms with Crippen LogP contribution in [0.1, 0.15) is 16.9 Å². The van der Waals surface area contributed by atoms with Crippen LogP contribution in [-0.4, -0.2) is 45.0 Å². The smallest absolute Gasteiger partial charge is 0.326 e. The van der Waals surface area contributed by atoms with E-state index in [9.17, 15) is 9.59 Å². The number of hydrogen-bond donors (Lipinski definition) is 2. The zero-order valence-corrected chi connectivity index (χ0v) is 11.2. The molecule has 0 saturated heterocycles. The highest BCUT2D eigenvalue weighted by Crippen LogP contribution is 2.05. The van der Waals surface area contributed by atoms with Crippen LogP contribution in [0.25, 0.3) is 0 Å². The van der Waals surface area contributed by atoms with Crippen LogP contribution in [0, 0.1) is 0 Å². The van der Waals surface area contributed by atoms with Crippen molar-refractivity contribution >= 4 is 35.2 Å². The molecule has 1 rings (SSSR count). The number of halogens is 1. The summed E-state index contributed by atoms with van der Waals surface area (Å²) in [5, 5.41) is 11.4. The first-order valence-corrected chi connectivity index (χ1v) is 6.82. The molecular formula is C10H12ClN3O3S. The zero-order chi connectivity index (χ0) is 13.5. The van der Waals surface area contributed by atoms with Gasteiger partial charge in [-0.3, -0.25) is 9.78 Å². The molecule has 0 saturated carbocycles. The van der Waals surface area contributed by atoms with Gasteiger partial charge >= 0.3 is 5.97 Å². The van der Waals surface area contributed by atoms with Crippen LogP contribution < -0.4 is 5.32 Å². The fourth-order valence-corrected chi connectivity index (χ4v) is 1.80. The Kier molecular flexibility index (Phi) is 5.87. The van der Waals surface area contributed by atoms with E-state index in [2.05, 4.69) is 15.3 Å². The van der Waals surface area contributed by atoms with Crippen LogP contribution in [0.4, 0.5) is 0 Å². The summed E-state index contributed by atoms with van der Waals surface area (Å²) < 4.78 is 0. The number of carboxylic acid groups (broad SMARTS) is 1. The number of carbonyl (C=O) groups excluding carboxylic acids is 1. The molecule has 0 aromatic carbocycles. The van der Waals surface area contributed by atoms with Crippen molar-refractivity contribution in [3.8, 4) is 0 Å². The fraction of sp³-hybridized carbons (Fsp3) is 0.400. The highest BCUT2D eigenvalue weighted by atomic mass is 35.5. The molecule has 18 heavy (non-hydrogen) atoms. The van der Waals surface area contributed by atoms with Gasteiger partial charge in [-0.1, -0.05) is 11.6 Å². The number of aliphatic carboxylic acids is 1. The minimum absolute atomic E-state index is 0.00194. The average Bonchev–Trinajstić information content (AvgIpc) is 2.33. The molecule has 1 heterocycles. The van der Waals surface area contributed by atoms with E-state index < -0.39 is 17.9 Å². The van der Waals surface area contributed by atoms with Gasteiger partial charge in [-0.05, 0) is 18.4 Å². The molecule has 0 aliphatic heterocycles. The van der Waals surface area contributed by atoms with Gasteiger partial charge in [0.05, 0.1) is 12.4 Å². The molecule has 6 nitrogen and oxygen atoms in total. The van der Waals surface area contributed by atoms with Gasteiger partial charge in [-0.15, -0.1) is 0 Å². The van der Waals surface area contributed by atoms with Gasteiger partial charge in [-0.25, -0.2) is 9.78 Å². The number of nitrogens with zero attached hydrogens (tertiary/aromatic N) is 2. The first-order chi connectivity index (χ1) is 8.54. The number of aromatic nitrogens is 2. The molecule has 1 aromatic rings. The van der Waals surface area contributed by atoms with E-state index in [1.165, 1.54) is 24.2 Å². The molecule has 0 fully saturated rings. The summed E-state index contributed by atoms with van der Waals surface area (Å²) >= 11 is 7.11. The molecule has 1 amide bonds. The number of rotatable bonds is 6. The van der Waals surface area contributed by atoms with Gasteiger partial charge < -0.3 is 10.4 Å². The van der Waals surface area contributed by atoms with Gasteiger partial charge in [0, 0.05) is 0 Å². The van der Waals surface area contributed by atoms with Crippen LogP contribution >= 0.6 is 23.4 Å². The number of carboxylic acids is 1. The summed E-state index contributed by atoms with van der Waals surface area (Å²) in [5.41, 5.74) is -0.00194. The summed E-state index contributed by atoms with van der Waals surface area (Å²) in [5.74, 6) is -1.04. The molecule has 8 heteroatoms. The van der Waals surface area contributed by atoms with E-state index in [4.69, 9.17) is 16.7 Å². The number of amides is 1. The zero-order valence-electron chi connectivity index (χ0n) is 9.59. The lowest BCUT2D eigenvalue weighted by molar-refractivity contribution is -0.139. The number of carbonyl (C=O) groups is 2. The van der Waals surface area contributed by atoms with Gasteiger partial charge in [0.25, 0.3) is 5.91 Å². The summed E-state index contributed by atoms with van der Waals surface area (Å²) in [6.45, 7) is 0. The van der Waals surface area contributed by atoms with E-state index in [0.717, 1.165) is 0 Å². The second kappa shape index (κ2) is 7.17. The topological polar surface area (TPSA) is 92.2 Å². The van der Waals surface area contributed by atoms with Gasteiger partial charge in [0.1, 0.15) is 16.9 Å².